The highest BCUT2D eigenvalue weighted by Gasteiger charge is 2.37. The fraction of sp³-hybridized carbons (Fsp3) is 0.167. The number of carbonyl (C=O) groups excluding carboxylic acids is 2. The number of aryl methyl sites for hydroxylation is 1. The average molecular weight is 288 g/mol. The number of amides is 2. The predicted molar refractivity (Wildman–Crippen MR) is 66.3 cm³/mol. The van der Waals surface area contributed by atoms with Crippen molar-refractivity contribution >= 4 is 17.5 Å². The monoisotopic (exact) mass is 288 g/mol. The Bertz CT molecular complexity index is 782. The Morgan fingerprint density at radius 1 is 1.29 bits per heavy atom. The summed E-state index contributed by atoms with van der Waals surface area (Å²) >= 11 is 0. The van der Waals surface area contributed by atoms with Gasteiger partial charge in [-0.25, -0.2) is 0 Å². The van der Waals surface area contributed by atoms with E-state index in [2.05, 4.69) is 10.1 Å². The van der Waals surface area contributed by atoms with Crippen LogP contribution in [0.5, 0.6) is 0 Å². The van der Waals surface area contributed by atoms with Gasteiger partial charge in [0.1, 0.15) is 6.54 Å². The van der Waals surface area contributed by atoms with Crippen LogP contribution in [0.25, 0.3) is 0 Å². The van der Waals surface area contributed by atoms with Gasteiger partial charge in [0.2, 0.25) is 5.89 Å². The zero-order valence-corrected chi connectivity index (χ0v) is 10.8. The minimum absolute atomic E-state index is 0.00503. The van der Waals surface area contributed by atoms with Gasteiger partial charge < -0.3 is 4.52 Å². The molecular formula is C12H8N4O5. The van der Waals surface area contributed by atoms with Crippen molar-refractivity contribution in [3.8, 4) is 0 Å². The Kier molecular flexibility index (Phi) is 2.75. The number of imide groups is 1. The molecule has 1 aromatic heterocycles. The summed E-state index contributed by atoms with van der Waals surface area (Å²) in [6.07, 6.45) is 0. The van der Waals surface area contributed by atoms with Gasteiger partial charge in [0.25, 0.3) is 17.5 Å². The van der Waals surface area contributed by atoms with Crippen LogP contribution < -0.4 is 0 Å². The van der Waals surface area contributed by atoms with Gasteiger partial charge in [0, 0.05) is 12.1 Å². The number of benzene rings is 1. The zero-order chi connectivity index (χ0) is 15.1. The number of non-ortho nitro benzene ring substituents is 1. The average Bonchev–Trinajstić information content (AvgIpc) is 2.96. The molecule has 106 valence electrons. The van der Waals surface area contributed by atoms with Crippen LogP contribution >= 0.6 is 0 Å². The molecule has 0 bridgehead atoms. The third kappa shape index (κ3) is 2.04. The first kappa shape index (κ1) is 12.9. The summed E-state index contributed by atoms with van der Waals surface area (Å²) in [4.78, 5) is 39.3. The third-order valence-corrected chi connectivity index (χ3v) is 3.03. The number of rotatable bonds is 3. The lowest BCUT2D eigenvalue weighted by Gasteiger charge is -2.09. The maximum absolute atomic E-state index is 12.2. The molecule has 1 aliphatic heterocycles. The Balaban J connectivity index is 1.94. The van der Waals surface area contributed by atoms with Gasteiger partial charge in [-0.3, -0.25) is 24.6 Å². The van der Waals surface area contributed by atoms with Crippen LogP contribution in [0.1, 0.15) is 32.4 Å². The van der Waals surface area contributed by atoms with E-state index in [-0.39, 0.29) is 29.2 Å². The molecule has 3 rings (SSSR count). The standard InChI is InChI=1S/C12H8N4O5/c1-6-13-10(21-14-6)5-15-11(17)8-3-2-7(16(19)20)4-9(8)12(15)18/h2-4H,5H2,1H3. The Morgan fingerprint density at radius 3 is 2.62 bits per heavy atom. The van der Waals surface area contributed by atoms with E-state index in [9.17, 15) is 19.7 Å². The molecule has 2 aromatic rings. The number of nitro benzene ring substituents is 1. The van der Waals surface area contributed by atoms with Gasteiger partial charge in [-0.1, -0.05) is 5.16 Å². The second kappa shape index (κ2) is 4.47. The molecule has 0 unspecified atom stereocenters. The summed E-state index contributed by atoms with van der Waals surface area (Å²) in [6, 6.07) is 3.55. The molecule has 0 saturated carbocycles. The van der Waals surface area contributed by atoms with Crippen LogP contribution in [0.4, 0.5) is 5.69 Å². The molecule has 0 N–H and O–H groups in total. The van der Waals surface area contributed by atoms with E-state index in [1.165, 1.54) is 12.1 Å². The number of nitro groups is 1. The summed E-state index contributed by atoms with van der Waals surface area (Å²) in [5.74, 6) is -0.649. The fourth-order valence-electron chi connectivity index (χ4n) is 2.08. The van der Waals surface area contributed by atoms with Crippen LogP contribution in [0, 0.1) is 17.0 Å². The van der Waals surface area contributed by atoms with Crippen LogP contribution in [0.15, 0.2) is 22.7 Å². The number of hydrogen-bond acceptors (Lipinski definition) is 7. The van der Waals surface area contributed by atoms with E-state index < -0.39 is 16.7 Å². The smallest absolute Gasteiger partial charge is 0.270 e. The van der Waals surface area contributed by atoms with Gasteiger partial charge >= 0.3 is 0 Å². The molecule has 0 atom stereocenters. The van der Waals surface area contributed by atoms with Gasteiger partial charge in [-0.15, -0.1) is 0 Å². The lowest BCUT2D eigenvalue weighted by Crippen LogP contribution is -2.29. The second-order valence-corrected chi connectivity index (χ2v) is 4.42. The summed E-state index contributed by atoms with van der Waals surface area (Å²) in [6.45, 7) is 1.44. The van der Waals surface area contributed by atoms with Crippen LogP contribution in [-0.2, 0) is 6.54 Å². The number of fused-ring (bicyclic) bond motifs is 1. The first-order valence-corrected chi connectivity index (χ1v) is 5.91. The fourth-order valence-corrected chi connectivity index (χ4v) is 2.08. The minimum atomic E-state index is -0.623. The third-order valence-electron chi connectivity index (χ3n) is 3.03. The highest BCUT2D eigenvalue weighted by atomic mass is 16.6. The largest absolute Gasteiger partial charge is 0.337 e. The number of nitrogens with zero attached hydrogens (tertiary/aromatic N) is 4. The van der Waals surface area contributed by atoms with Crippen molar-refractivity contribution in [1.82, 2.24) is 15.0 Å². The number of aromatic nitrogens is 2. The SMILES string of the molecule is Cc1noc(CN2C(=O)c3ccc([N+](=O)[O-])cc3C2=O)n1. The predicted octanol–water partition coefficient (Wildman–Crippen LogP) is 1.08. The van der Waals surface area contributed by atoms with Crippen molar-refractivity contribution in [2.75, 3.05) is 0 Å². The molecule has 9 nitrogen and oxygen atoms in total. The maximum atomic E-state index is 12.2. The summed E-state index contributed by atoms with van der Waals surface area (Å²) in [5.41, 5.74) is -0.113. The van der Waals surface area contributed by atoms with Gasteiger partial charge in [0.05, 0.1) is 16.1 Å². The molecule has 0 saturated heterocycles. The van der Waals surface area contributed by atoms with E-state index in [4.69, 9.17) is 4.52 Å². The van der Waals surface area contributed by atoms with Crippen LogP contribution in [0.3, 0.4) is 0 Å². The molecule has 0 radical (unpaired) electrons. The maximum Gasteiger partial charge on any atom is 0.270 e. The van der Waals surface area contributed by atoms with E-state index in [0.717, 1.165) is 11.0 Å². The van der Waals surface area contributed by atoms with Crippen molar-refractivity contribution in [3.05, 3.63) is 51.2 Å². The highest BCUT2D eigenvalue weighted by molar-refractivity contribution is 6.21. The van der Waals surface area contributed by atoms with Crippen LogP contribution in [-0.4, -0.2) is 31.8 Å². The van der Waals surface area contributed by atoms with E-state index in [1.807, 2.05) is 0 Å². The molecule has 9 heteroatoms. The normalized spacial score (nSPS) is 13.7. The zero-order valence-electron chi connectivity index (χ0n) is 10.8. The van der Waals surface area contributed by atoms with Gasteiger partial charge in [0.15, 0.2) is 5.82 Å². The van der Waals surface area contributed by atoms with E-state index >= 15 is 0 Å². The summed E-state index contributed by atoms with van der Waals surface area (Å²) in [5, 5.41) is 14.3. The van der Waals surface area contributed by atoms with Gasteiger partial charge in [-0.2, -0.15) is 4.98 Å². The lowest BCUT2D eigenvalue weighted by molar-refractivity contribution is -0.384. The molecule has 21 heavy (non-hydrogen) atoms. The summed E-state index contributed by atoms with van der Waals surface area (Å²) < 4.78 is 4.87. The number of carbonyl (C=O) groups is 2. The van der Waals surface area contributed by atoms with E-state index in [1.54, 1.807) is 6.92 Å². The van der Waals surface area contributed by atoms with Crippen molar-refractivity contribution in [3.63, 3.8) is 0 Å². The van der Waals surface area contributed by atoms with Crippen molar-refractivity contribution in [1.29, 1.82) is 0 Å². The highest BCUT2D eigenvalue weighted by Crippen LogP contribution is 2.27. The first-order chi connectivity index (χ1) is 9.97. The molecule has 0 fully saturated rings. The van der Waals surface area contributed by atoms with Crippen LogP contribution in [0.2, 0.25) is 0 Å². The van der Waals surface area contributed by atoms with Crippen molar-refractivity contribution in [2.45, 2.75) is 13.5 Å². The lowest BCUT2D eigenvalue weighted by atomic mass is 10.1. The molecule has 2 heterocycles. The van der Waals surface area contributed by atoms with Crippen molar-refractivity contribution in [2.24, 2.45) is 0 Å². The summed E-state index contributed by atoms with van der Waals surface area (Å²) in [7, 11) is 0. The molecule has 0 aliphatic carbocycles. The molecular weight excluding hydrogens is 280 g/mol. The van der Waals surface area contributed by atoms with Gasteiger partial charge in [-0.05, 0) is 13.0 Å². The molecule has 2 amide bonds. The quantitative estimate of drug-likeness (QED) is 0.470. The van der Waals surface area contributed by atoms with E-state index in [0.29, 0.717) is 5.82 Å². The Morgan fingerprint density at radius 2 is 2.00 bits per heavy atom. The molecule has 1 aromatic carbocycles. The molecule has 0 spiro atoms. The number of hydrogen-bond donors (Lipinski definition) is 0. The topological polar surface area (TPSA) is 119 Å². The Hall–Kier alpha value is -3.10. The molecule has 1 aliphatic rings. The Labute approximate surface area is 117 Å². The second-order valence-electron chi connectivity index (χ2n) is 4.42. The van der Waals surface area contributed by atoms with Crippen molar-refractivity contribution < 1.29 is 19.0 Å². The minimum Gasteiger partial charge on any atom is -0.337 e. The first-order valence-electron chi connectivity index (χ1n) is 5.91.